The van der Waals surface area contributed by atoms with Gasteiger partial charge in [-0.2, -0.15) is 0 Å². The topological polar surface area (TPSA) is 35.5 Å². The SMILES string of the molecule is CCOP(=O)(OCC)c1ccc(I)cc1. The van der Waals surface area contributed by atoms with Gasteiger partial charge in [-0.05, 0) is 60.7 Å². The number of hydrogen-bond donors (Lipinski definition) is 0. The Morgan fingerprint density at radius 1 is 1.13 bits per heavy atom. The minimum atomic E-state index is -3.09. The van der Waals surface area contributed by atoms with E-state index in [1.165, 1.54) is 0 Å². The molecule has 0 saturated heterocycles. The van der Waals surface area contributed by atoms with Crippen LogP contribution in [0.5, 0.6) is 0 Å². The molecule has 1 aromatic carbocycles. The first-order chi connectivity index (χ1) is 7.12. The number of rotatable bonds is 5. The van der Waals surface area contributed by atoms with Gasteiger partial charge in [-0.15, -0.1) is 0 Å². The highest BCUT2D eigenvalue weighted by molar-refractivity contribution is 14.1. The summed E-state index contributed by atoms with van der Waals surface area (Å²) < 4.78 is 23.8. The van der Waals surface area contributed by atoms with Crippen molar-refractivity contribution in [3.63, 3.8) is 0 Å². The highest BCUT2D eigenvalue weighted by atomic mass is 127. The van der Waals surface area contributed by atoms with Crippen LogP contribution in [0.2, 0.25) is 0 Å². The van der Waals surface area contributed by atoms with Crippen LogP contribution >= 0.6 is 30.2 Å². The van der Waals surface area contributed by atoms with Crippen molar-refractivity contribution in [2.24, 2.45) is 0 Å². The minimum Gasteiger partial charge on any atom is -0.305 e. The first-order valence-corrected chi connectivity index (χ1v) is 7.39. The smallest absolute Gasteiger partial charge is 0.305 e. The van der Waals surface area contributed by atoms with E-state index in [0.717, 1.165) is 3.57 Å². The van der Waals surface area contributed by atoms with Crippen LogP contribution in [0.1, 0.15) is 13.8 Å². The fourth-order valence-corrected chi connectivity index (χ4v) is 3.08. The largest absolute Gasteiger partial charge is 0.361 e. The Morgan fingerprint density at radius 3 is 2.00 bits per heavy atom. The first kappa shape index (κ1) is 13.2. The van der Waals surface area contributed by atoms with Gasteiger partial charge in [0.2, 0.25) is 0 Å². The zero-order valence-electron chi connectivity index (χ0n) is 8.77. The van der Waals surface area contributed by atoms with Crippen molar-refractivity contribution < 1.29 is 13.6 Å². The maximum atomic E-state index is 12.3. The Morgan fingerprint density at radius 2 is 1.60 bits per heavy atom. The van der Waals surface area contributed by atoms with Gasteiger partial charge in [0.05, 0.1) is 18.5 Å². The summed E-state index contributed by atoms with van der Waals surface area (Å²) in [6.45, 7) is 4.36. The molecule has 0 saturated carbocycles. The number of hydrogen-bond acceptors (Lipinski definition) is 3. The second-order valence-corrected chi connectivity index (χ2v) is 6.08. The lowest BCUT2D eigenvalue weighted by Crippen LogP contribution is -2.10. The zero-order chi connectivity index (χ0) is 11.3. The molecule has 0 fully saturated rings. The molecule has 0 aliphatic heterocycles. The standard InChI is InChI=1S/C10H14IO3P/c1-3-13-15(12,14-4-2)10-7-5-9(11)6-8-10/h5-8H,3-4H2,1-2H3. The summed E-state index contributed by atoms with van der Waals surface area (Å²) >= 11 is 2.20. The monoisotopic (exact) mass is 340 g/mol. The fourth-order valence-electron chi connectivity index (χ4n) is 1.15. The molecule has 5 heteroatoms. The van der Waals surface area contributed by atoms with E-state index in [4.69, 9.17) is 9.05 Å². The van der Waals surface area contributed by atoms with Crippen molar-refractivity contribution >= 4 is 35.5 Å². The van der Waals surface area contributed by atoms with E-state index in [9.17, 15) is 4.57 Å². The van der Waals surface area contributed by atoms with Crippen LogP contribution < -0.4 is 5.30 Å². The number of benzene rings is 1. The van der Waals surface area contributed by atoms with E-state index in [2.05, 4.69) is 22.6 Å². The van der Waals surface area contributed by atoms with E-state index in [1.807, 2.05) is 12.1 Å². The molecular weight excluding hydrogens is 326 g/mol. The predicted octanol–water partition coefficient (Wildman–Crippen LogP) is 3.18. The Hall–Kier alpha value is 0.100. The van der Waals surface area contributed by atoms with Crippen LogP contribution in [0, 0.1) is 3.57 Å². The highest BCUT2D eigenvalue weighted by Crippen LogP contribution is 2.46. The molecule has 0 radical (unpaired) electrons. The second-order valence-electron chi connectivity index (χ2n) is 2.81. The van der Waals surface area contributed by atoms with Crippen molar-refractivity contribution in [3.05, 3.63) is 27.8 Å². The van der Waals surface area contributed by atoms with E-state index in [1.54, 1.807) is 26.0 Å². The molecular formula is C10H14IO3P. The van der Waals surface area contributed by atoms with Crippen molar-refractivity contribution in [3.8, 4) is 0 Å². The van der Waals surface area contributed by atoms with Crippen LogP contribution in [0.25, 0.3) is 0 Å². The molecule has 0 aliphatic rings. The summed E-state index contributed by atoms with van der Waals surface area (Å²) in [5.74, 6) is 0. The Kier molecular flexibility index (Phi) is 5.26. The van der Waals surface area contributed by atoms with Gasteiger partial charge in [-0.3, -0.25) is 4.57 Å². The summed E-state index contributed by atoms with van der Waals surface area (Å²) in [4.78, 5) is 0. The lowest BCUT2D eigenvalue weighted by molar-refractivity contribution is 0.230. The minimum absolute atomic E-state index is 0.378. The molecule has 1 rings (SSSR count). The lowest BCUT2D eigenvalue weighted by Gasteiger charge is -2.16. The van der Waals surface area contributed by atoms with Gasteiger partial charge in [-0.1, -0.05) is 0 Å². The van der Waals surface area contributed by atoms with Gasteiger partial charge in [0.1, 0.15) is 0 Å². The molecule has 1 aromatic rings. The van der Waals surface area contributed by atoms with Gasteiger partial charge in [0.25, 0.3) is 0 Å². The van der Waals surface area contributed by atoms with Gasteiger partial charge in [0.15, 0.2) is 0 Å². The first-order valence-electron chi connectivity index (χ1n) is 4.77. The summed E-state index contributed by atoms with van der Waals surface area (Å²) in [6, 6.07) is 7.35. The van der Waals surface area contributed by atoms with Gasteiger partial charge < -0.3 is 9.05 Å². The van der Waals surface area contributed by atoms with E-state index >= 15 is 0 Å². The van der Waals surface area contributed by atoms with Gasteiger partial charge in [0, 0.05) is 3.57 Å². The quantitative estimate of drug-likeness (QED) is 0.610. The second kappa shape index (κ2) is 5.99. The molecule has 0 heterocycles. The molecule has 0 atom stereocenters. The molecule has 3 nitrogen and oxygen atoms in total. The highest BCUT2D eigenvalue weighted by Gasteiger charge is 2.25. The van der Waals surface area contributed by atoms with Crippen LogP contribution in [-0.4, -0.2) is 13.2 Å². The van der Waals surface area contributed by atoms with Crippen molar-refractivity contribution in [2.75, 3.05) is 13.2 Å². The normalized spacial score (nSPS) is 11.7. The molecule has 0 amide bonds. The summed E-state index contributed by atoms with van der Waals surface area (Å²) in [6.07, 6.45) is 0. The third-order valence-electron chi connectivity index (χ3n) is 1.74. The maximum Gasteiger partial charge on any atom is 0.361 e. The average molecular weight is 340 g/mol. The maximum absolute atomic E-state index is 12.3. The third-order valence-corrected chi connectivity index (χ3v) is 4.59. The van der Waals surface area contributed by atoms with Crippen molar-refractivity contribution in [1.29, 1.82) is 0 Å². The summed E-state index contributed by atoms with van der Waals surface area (Å²) in [5, 5.41) is 0.617. The van der Waals surface area contributed by atoms with Gasteiger partial charge >= 0.3 is 7.60 Å². The Balaban J connectivity index is 2.98. The Bertz CT molecular complexity index is 340. The van der Waals surface area contributed by atoms with Crippen molar-refractivity contribution in [2.45, 2.75) is 13.8 Å². The molecule has 0 aromatic heterocycles. The third kappa shape index (κ3) is 3.55. The van der Waals surface area contributed by atoms with E-state index in [0.29, 0.717) is 18.5 Å². The summed E-state index contributed by atoms with van der Waals surface area (Å²) in [5.41, 5.74) is 0. The molecule has 0 unspecified atom stereocenters. The zero-order valence-corrected chi connectivity index (χ0v) is 11.8. The molecule has 0 bridgehead atoms. The van der Waals surface area contributed by atoms with E-state index < -0.39 is 7.60 Å². The van der Waals surface area contributed by atoms with Crippen LogP contribution in [0.15, 0.2) is 24.3 Å². The number of halogens is 1. The molecule has 0 N–H and O–H groups in total. The van der Waals surface area contributed by atoms with Gasteiger partial charge in [-0.25, -0.2) is 0 Å². The predicted molar refractivity (Wildman–Crippen MR) is 69.7 cm³/mol. The lowest BCUT2D eigenvalue weighted by atomic mass is 10.4. The van der Waals surface area contributed by atoms with Crippen LogP contribution in [-0.2, 0) is 13.6 Å². The average Bonchev–Trinajstić information content (AvgIpc) is 2.19. The van der Waals surface area contributed by atoms with Crippen LogP contribution in [0.3, 0.4) is 0 Å². The molecule has 84 valence electrons. The Labute approximate surface area is 104 Å². The van der Waals surface area contributed by atoms with Crippen LogP contribution in [0.4, 0.5) is 0 Å². The van der Waals surface area contributed by atoms with E-state index in [-0.39, 0.29) is 0 Å². The molecule has 0 aliphatic carbocycles. The summed E-state index contributed by atoms with van der Waals surface area (Å²) in [7, 11) is -3.09. The fraction of sp³-hybridized carbons (Fsp3) is 0.400. The molecule has 15 heavy (non-hydrogen) atoms. The molecule has 0 spiro atoms. The van der Waals surface area contributed by atoms with Crippen molar-refractivity contribution in [1.82, 2.24) is 0 Å².